The summed E-state index contributed by atoms with van der Waals surface area (Å²) in [5.41, 5.74) is 12.0. The Morgan fingerprint density at radius 2 is 1.62 bits per heavy atom. The van der Waals surface area contributed by atoms with Crippen LogP contribution in [0.2, 0.25) is 0 Å². The smallest absolute Gasteiger partial charge is 0.316 e. The largest absolute Gasteiger partial charge is 0.351 e. The molecular weight excluding hydrogens is 268 g/mol. The molecule has 1 unspecified atom stereocenters. The summed E-state index contributed by atoms with van der Waals surface area (Å²) in [6, 6.07) is 6.15. The SMILES string of the molecule is CC(C)CC(CN)CC(=O)Nc1ccc(NC(N)=O)cc1. The van der Waals surface area contributed by atoms with Crippen LogP contribution in [0.4, 0.5) is 16.2 Å². The molecule has 0 spiro atoms. The van der Waals surface area contributed by atoms with Gasteiger partial charge in [-0.3, -0.25) is 4.79 Å². The van der Waals surface area contributed by atoms with Gasteiger partial charge in [0.25, 0.3) is 0 Å². The molecule has 1 rings (SSSR count). The van der Waals surface area contributed by atoms with Gasteiger partial charge in [0.2, 0.25) is 5.91 Å². The highest BCUT2D eigenvalue weighted by atomic mass is 16.2. The van der Waals surface area contributed by atoms with Crippen LogP contribution in [-0.2, 0) is 4.79 Å². The third kappa shape index (κ3) is 6.76. The molecule has 0 aliphatic heterocycles. The first-order valence-corrected chi connectivity index (χ1v) is 7.07. The fourth-order valence-electron chi connectivity index (χ4n) is 2.18. The molecular formula is C15H24N4O2. The number of rotatable bonds is 7. The van der Waals surface area contributed by atoms with E-state index in [4.69, 9.17) is 11.5 Å². The van der Waals surface area contributed by atoms with Crippen molar-refractivity contribution in [2.75, 3.05) is 17.2 Å². The standard InChI is InChI=1S/C15H24N4O2/c1-10(2)7-11(9-16)8-14(20)18-12-3-5-13(6-4-12)19-15(17)21/h3-6,10-11H,7-9,16H2,1-2H3,(H,18,20)(H3,17,19,21). The van der Waals surface area contributed by atoms with Gasteiger partial charge in [-0.25, -0.2) is 4.79 Å². The zero-order valence-corrected chi connectivity index (χ0v) is 12.6. The minimum atomic E-state index is -0.619. The van der Waals surface area contributed by atoms with E-state index >= 15 is 0 Å². The van der Waals surface area contributed by atoms with Crippen molar-refractivity contribution in [3.8, 4) is 0 Å². The average Bonchev–Trinajstić information content (AvgIpc) is 2.39. The lowest BCUT2D eigenvalue weighted by molar-refractivity contribution is -0.117. The molecule has 1 aromatic carbocycles. The molecule has 116 valence electrons. The van der Waals surface area contributed by atoms with Crippen LogP contribution in [0.5, 0.6) is 0 Å². The van der Waals surface area contributed by atoms with E-state index in [9.17, 15) is 9.59 Å². The molecule has 0 aliphatic carbocycles. The summed E-state index contributed by atoms with van der Waals surface area (Å²) in [5, 5.41) is 5.28. The molecule has 0 saturated heterocycles. The fraction of sp³-hybridized carbons (Fsp3) is 0.467. The minimum Gasteiger partial charge on any atom is -0.351 e. The summed E-state index contributed by atoms with van der Waals surface area (Å²) < 4.78 is 0. The van der Waals surface area contributed by atoms with E-state index in [-0.39, 0.29) is 11.8 Å². The van der Waals surface area contributed by atoms with Crippen molar-refractivity contribution in [2.45, 2.75) is 26.7 Å². The van der Waals surface area contributed by atoms with E-state index in [1.54, 1.807) is 24.3 Å². The first kappa shape index (κ1) is 17.0. The van der Waals surface area contributed by atoms with Gasteiger partial charge in [0.1, 0.15) is 0 Å². The van der Waals surface area contributed by atoms with Gasteiger partial charge in [-0.1, -0.05) is 13.8 Å². The molecule has 6 nitrogen and oxygen atoms in total. The van der Waals surface area contributed by atoms with Crippen LogP contribution >= 0.6 is 0 Å². The molecule has 0 heterocycles. The van der Waals surface area contributed by atoms with E-state index in [0.717, 1.165) is 6.42 Å². The van der Waals surface area contributed by atoms with Gasteiger partial charge in [0.15, 0.2) is 0 Å². The second-order valence-electron chi connectivity index (χ2n) is 5.55. The lowest BCUT2D eigenvalue weighted by Crippen LogP contribution is -2.23. The number of benzene rings is 1. The maximum atomic E-state index is 12.0. The second-order valence-corrected chi connectivity index (χ2v) is 5.55. The monoisotopic (exact) mass is 292 g/mol. The Morgan fingerprint density at radius 1 is 1.10 bits per heavy atom. The van der Waals surface area contributed by atoms with Gasteiger partial charge in [-0.2, -0.15) is 0 Å². The Bertz CT molecular complexity index is 471. The normalized spacial score (nSPS) is 12.0. The molecule has 0 aliphatic rings. The second kappa shape index (κ2) is 8.26. The predicted octanol–water partition coefficient (Wildman–Crippen LogP) is 2.13. The van der Waals surface area contributed by atoms with Crippen LogP contribution in [0.15, 0.2) is 24.3 Å². The van der Waals surface area contributed by atoms with Crippen LogP contribution in [0.3, 0.4) is 0 Å². The molecule has 0 saturated carbocycles. The number of nitrogens with one attached hydrogen (secondary N) is 2. The molecule has 3 amide bonds. The lowest BCUT2D eigenvalue weighted by atomic mass is 9.94. The van der Waals surface area contributed by atoms with Crippen LogP contribution in [0.1, 0.15) is 26.7 Å². The third-order valence-corrected chi connectivity index (χ3v) is 3.05. The van der Waals surface area contributed by atoms with Gasteiger partial charge in [0, 0.05) is 17.8 Å². The number of urea groups is 1. The van der Waals surface area contributed by atoms with Gasteiger partial charge >= 0.3 is 6.03 Å². The van der Waals surface area contributed by atoms with Gasteiger partial charge in [0.05, 0.1) is 0 Å². The summed E-state index contributed by atoms with van der Waals surface area (Å²) in [7, 11) is 0. The van der Waals surface area contributed by atoms with Crippen LogP contribution in [0.25, 0.3) is 0 Å². The summed E-state index contributed by atoms with van der Waals surface area (Å²) in [5.74, 6) is 0.660. The molecule has 1 aromatic rings. The van der Waals surface area contributed by atoms with Crippen LogP contribution in [0, 0.1) is 11.8 Å². The topological polar surface area (TPSA) is 110 Å². The Morgan fingerprint density at radius 3 is 2.05 bits per heavy atom. The molecule has 6 heteroatoms. The van der Waals surface area contributed by atoms with Gasteiger partial charge in [-0.05, 0) is 49.1 Å². The average molecular weight is 292 g/mol. The lowest BCUT2D eigenvalue weighted by Gasteiger charge is -2.16. The fourth-order valence-corrected chi connectivity index (χ4v) is 2.18. The van der Waals surface area contributed by atoms with E-state index in [1.165, 1.54) is 0 Å². The van der Waals surface area contributed by atoms with Crippen molar-refractivity contribution >= 4 is 23.3 Å². The van der Waals surface area contributed by atoms with E-state index in [2.05, 4.69) is 24.5 Å². The summed E-state index contributed by atoms with van der Waals surface area (Å²) in [4.78, 5) is 22.7. The van der Waals surface area contributed by atoms with Crippen LogP contribution < -0.4 is 22.1 Å². The maximum Gasteiger partial charge on any atom is 0.316 e. The number of carbonyl (C=O) groups excluding carboxylic acids is 2. The maximum absolute atomic E-state index is 12.0. The molecule has 1 atom stereocenters. The van der Waals surface area contributed by atoms with Crippen molar-refractivity contribution in [3.63, 3.8) is 0 Å². The number of anilines is 2. The number of hydrogen-bond donors (Lipinski definition) is 4. The minimum absolute atomic E-state index is 0.0540. The van der Waals surface area contributed by atoms with E-state index in [1.807, 2.05) is 0 Å². The predicted molar refractivity (Wildman–Crippen MR) is 84.9 cm³/mol. The zero-order chi connectivity index (χ0) is 15.8. The van der Waals surface area contributed by atoms with Crippen LogP contribution in [-0.4, -0.2) is 18.5 Å². The van der Waals surface area contributed by atoms with Gasteiger partial charge in [-0.15, -0.1) is 0 Å². The van der Waals surface area contributed by atoms with Crippen molar-refractivity contribution in [3.05, 3.63) is 24.3 Å². The van der Waals surface area contributed by atoms with Crippen molar-refractivity contribution in [2.24, 2.45) is 23.3 Å². The molecule has 0 fully saturated rings. The Balaban J connectivity index is 2.52. The van der Waals surface area contributed by atoms with Crippen molar-refractivity contribution in [1.82, 2.24) is 0 Å². The van der Waals surface area contributed by atoms with E-state index in [0.29, 0.717) is 30.3 Å². The number of carbonyl (C=O) groups is 2. The van der Waals surface area contributed by atoms with E-state index < -0.39 is 6.03 Å². The third-order valence-electron chi connectivity index (χ3n) is 3.05. The number of amides is 3. The highest BCUT2D eigenvalue weighted by molar-refractivity contribution is 5.92. The zero-order valence-electron chi connectivity index (χ0n) is 12.6. The Hall–Kier alpha value is -2.08. The molecule has 0 radical (unpaired) electrons. The summed E-state index contributed by atoms with van der Waals surface area (Å²) in [6.07, 6.45) is 1.35. The highest BCUT2D eigenvalue weighted by Gasteiger charge is 2.14. The highest BCUT2D eigenvalue weighted by Crippen LogP contribution is 2.17. The Kier molecular flexibility index (Phi) is 6.68. The number of hydrogen-bond acceptors (Lipinski definition) is 3. The summed E-state index contributed by atoms with van der Waals surface area (Å²) >= 11 is 0. The quantitative estimate of drug-likeness (QED) is 0.617. The molecule has 21 heavy (non-hydrogen) atoms. The van der Waals surface area contributed by atoms with Crippen molar-refractivity contribution < 1.29 is 9.59 Å². The number of primary amides is 1. The van der Waals surface area contributed by atoms with Crippen molar-refractivity contribution in [1.29, 1.82) is 0 Å². The molecule has 6 N–H and O–H groups in total. The first-order valence-electron chi connectivity index (χ1n) is 7.07. The Labute approximate surface area is 125 Å². The molecule has 0 aromatic heterocycles. The molecule has 0 bridgehead atoms. The van der Waals surface area contributed by atoms with Gasteiger partial charge < -0.3 is 22.1 Å². The summed E-state index contributed by atoms with van der Waals surface area (Å²) in [6.45, 7) is 4.74. The number of nitrogens with two attached hydrogens (primary N) is 2. The first-order chi connectivity index (χ1) is 9.90.